The van der Waals surface area contributed by atoms with E-state index in [9.17, 15) is 15.2 Å². The number of carbonyl (C=O) groups excluding carboxylic acids is 1. The van der Waals surface area contributed by atoms with Crippen molar-refractivity contribution in [3.63, 3.8) is 0 Å². The van der Waals surface area contributed by atoms with Gasteiger partial charge in [-0.05, 0) is 43.7 Å². The summed E-state index contributed by atoms with van der Waals surface area (Å²) in [6.45, 7) is 4.04. The monoisotopic (exact) mass is 334 g/mol. The maximum absolute atomic E-state index is 12.9. The molecule has 0 unspecified atom stereocenters. The topological polar surface area (TPSA) is 73.6 Å². The van der Waals surface area contributed by atoms with Crippen LogP contribution in [0.25, 0.3) is 0 Å². The number of fused-ring (bicyclic) bond motifs is 2. The number of nitrogens with zero attached hydrogens (tertiary/aromatic N) is 2. The Kier molecular flexibility index (Phi) is 3.34. The molecule has 0 saturated heterocycles. The van der Waals surface area contributed by atoms with Crippen LogP contribution >= 0.6 is 0 Å². The Morgan fingerprint density at radius 2 is 2.04 bits per heavy atom. The third-order valence-electron chi connectivity index (χ3n) is 5.03. The predicted molar refractivity (Wildman–Crippen MR) is 90.9 cm³/mol. The molecule has 126 valence electrons. The largest absolute Gasteiger partial charge is 0.485 e. The van der Waals surface area contributed by atoms with Gasteiger partial charge in [-0.1, -0.05) is 18.2 Å². The molecule has 5 heteroatoms. The third-order valence-corrected chi connectivity index (χ3v) is 5.03. The fourth-order valence-electron chi connectivity index (χ4n) is 3.68. The Hall–Kier alpha value is -2.84. The third kappa shape index (κ3) is 2.30. The number of nitriles is 1. The molecule has 0 aliphatic carbocycles. The summed E-state index contributed by atoms with van der Waals surface area (Å²) in [5.41, 5.74) is 1.91. The number of aliphatic hydroxyl groups excluding tert-OH is 1. The normalized spacial score (nSPS) is 23.4. The van der Waals surface area contributed by atoms with E-state index >= 15 is 0 Å². The Labute approximate surface area is 146 Å². The zero-order valence-corrected chi connectivity index (χ0v) is 14.1. The van der Waals surface area contributed by atoms with Crippen molar-refractivity contribution in [1.82, 2.24) is 4.90 Å². The zero-order valence-electron chi connectivity index (χ0n) is 14.1. The molecule has 2 aromatic rings. The highest BCUT2D eigenvalue weighted by molar-refractivity contribution is 5.98. The SMILES string of the molecule is CC1(C)Oc2ccc(C#N)cc2[C@@H](N2Cc3ccccc3C2=O)[C@@H]1O. The van der Waals surface area contributed by atoms with Crippen LogP contribution in [0.1, 0.15) is 46.9 Å². The molecule has 0 radical (unpaired) electrons. The van der Waals surface area contributed by atoms with Crippen molar-refractivity contribution < 1.29 is 14.6 Å². The van der Waals surface area contributed by atoms with Gasteiger partial charge in [-0.3, -0.25) is 4.79 Å². The minimum absolute atomic E-state index is 0.106. The lowest BCUT2D eigenvalue weighted by atomic mass is 9.85. The van der Waals surface area contributed by atoms with Gasteiger partial charge in [0.05, 0.1) is 17.7 Å². The Morgan fingerprint density at radius 1 is 1.28 bits per heavy atom. The summed E-state index contributed by atoms with van der Waals surface area (Å²) >= 11 is 0. The average Bonchev–Trinajstić information content (AvgIpc) is 2.92. The molecule has 0 aromatic heterocycles. The summed E-state index contributed by atoms with van der Waals surface area (Å²) < 4.78 is 5.94. The second-order valence-corrected chi connectivity index (χ2v) is 7.05. The van der Waals surface area contributed by atoms with Crippen LogP contribution in [-0.4, -0.2) is 27.6 Å². The van der Waals surface area contributed by atoms with E-state index < -0.39 is 17.7 Å². The van der Waals surface area contributed by atoms with Gasteiger partial charge in [0.2, 0.25) is 0 Å². The molecular formula is C20H18N2O3. The molecule has 2 aromatic carbocycles. The Bertz CT molecular complexity index is 913. The van der Waals surface area contributed by atoms with E-state index in [-0.39, 0.29) is 5.91 Å². The van der Waals surface area contributed by atoms with Crippen molar-refractivity contribution in [3.8, 4) is 11.8 Å². The van der Waals surface area contributed by atoms with E-state index in [1.165, 1.54) is 0 Å². The Balaban J connectivity index is 1.84. The average molecular weight is 334 g/mol. The first-order chi connectivity index (χ1) is 11.9. The second-order valence-electron chi connectivity index (χ2n) is 7.05. The lowest BCUT2D eigenvalue weighted by Gasteiger charge is -2.45. The number of ether oxygens (including phenoxy) is 1. The fourth-order valence-corrected chi connectivity index (χ4v) is 3.68. The predicted octanol–water partition coefficient (Wildman–Crippen LogP) is 2.79. The number of carbonyl (C=O) groups is 1. The highest BCUT2D eigenvalue weighted by Crippen LogP contribution is 2.45. The maximum Gasteiger partial charge on any atom is 0.255 e. The van der Waals surface area contributed by atoms with Crippen molar-refractivity contribution >= 4 is 5.91 Å². The highest BCUT2D eigenvalue weighted by Gasteiger charge is 2.48. The van der Waals surface area contributed by atoms with Gasteiger partial charge in [0.15, 0.2) is 0 Å². The Morgan fingerprint density at radius 3 is 2.76 bits per heavy atom. The minimum atomic E-state index is -0.910. The fraction of sp³-hybridized carbons (Fsp3) is 0.300. The van der Waals surface area contributed by atoms with Crippen LogP contribution in [-0.2, 0) is 6.54 Å². The van der Waals surface area contributed by atoms with E-state index in [2.05, 4.69) is 6.07 Å². The number of hydrogen-bond donors (Lipinski definition) is 1. The van der Waals surface area contributed by atoms with E-state index in [1.807, 2.05) is 18.2 Å². The van der Waals surface area contributed by atoms with Crippen LogP contribution in [0.4, 0.5) is 0 Å². The first-order valence-electron chi connectivity index (χ1n) is 8.22. The molecule has 0 saturated carbocycles. The molecule has 2 aliphatic heterocycles. The molecule has 1 N–H and O–H groups in total. The summed E-state index contributed by atoms with van der Waals surface area (Å²) in [5, 5.41) is 20.2. The van der Waals surface area contributed by atoms with E-state index in [4.69, 9.17) is 4.74 Å². The first-order valence-corrected chi connectivity index (χ1v) is 8.22. The molecule has 1 amide bonds. The van der Waals surface area contributed by atoms with Crippen LogP contribution in [0.15, 0.2) is 42.5 Å². The van der Waals surface area contributed by atoms with Gasteiger partial charge in [-0.25, -0.2) is 0 Å². The van der Waals surface area contributed by atoms with Gasteiger partial charge in [-0.2, -0.15) is 5.26 Å². The summed E-state index contributed by atoms with van der Waals surface area (Å²) in [5.74, 6) is 0.494. The standard InChI is InChI=1S/C20H18N2O3/c1-20(2)18(23)17(15-9-12(10-21)7-8-16(15)25-20)22-11-13-5-3-4-6-14(13)19(22)24/h3-9,17-18,23H,11H2,1-2H3/t17-,18+/m1/s1. The molecule has 2 atom stereocenters. The zero-order chi connectivity index (χ0) is 17.8. The van der Waals surface area contributed by atoms with Gasteiger partial charge in [0.25, 0.3) is 5.91 Å². The molecule has 0 bridgehead atoms. The van der Waals surface area contributed by atoms with Gasteiger partial charge >= 0.3 is 0 Å². The molecule has 0 spiro atoms. The second kappa shape index (κ2) is 5.33. The summed E-state index contributed by atoms with van der Waals surface area (Å²) in [6.07, 6.45) is -0.910. The van der Waals surface area contributed by atoms with Crippen LogP contribution in [0.3, 0.4) is 0 Å². The first kappa shape index (κ1) is 15.7. The number of benzene rings is 2. The van der Waals surface area contributed by atoms with E-state index in [0.717, 1.165) is 5.56 Å². The van der Waals surface area contributed by atoms with E-state index in [0.29, 0.717) is 29.0 Å². The van der Waals surface area contributed by atoms with Gasteiger partial charge < -0.3 is 14.7 Å². The van der Waals surface area contributed by atoms with Crippen molar-refractivity contribution in [2.75, 3.05) is 0 Å². The lowest BCUT2D eigenvalue weighted by molar-refractivity contribution is -0.0868. The molecule has 4 rings (SSSR count). The smallest absolute Gasteiger partial charge is 0.255 e. The number of hydrogen-bond acceptors (Lipinski definition) is 4. The van der Waals surface area contributed by atoms with Crippen LogP contribution in [0.2, 0.25) is 0 Å². The summed E-state index contributed by atoms with van der Waals surface area (Å²) in [6, 6.07) is 14.2. The van der Waals surface area contributed by atoms with Gasteiger partial charge in [0.1, 0.15) is 17.5 Å². The van der Waals surface area contributed by atoms with Crippen molar-refractivity contribution in [3.05, 3.63) is 64.7 Å². The van der Waals surface area contributed by atoms with Gasteiger partial charge in [-0.15, -0.1) is 0 Å². The molecule has 25 heavy (non-hydrogen) atoms. The van der Waals surface area contributed by atoms with Crippen LogP contribution in [0.5, 0.6) is 5.75 Å². The number of aliphatic hydroxyl groups is 1. The summed E-state index contributed by atoms with van der Waals surface area (Å²) in [4.78, 5) is 14.6. The molecular weight excluding hydrogens is 316 g/mol. The molecule has 2 aliphatic rings. The van der Waals surface area contributed by atoms with Crippen LogP contribution < -0.4 is 4.74 Å². The van der Waals surface area contributed by atoms with Crippen molar-refractivity contribution in [2.45, 2.75) is 38.1 Å². The molecule has 5 nitrogen and oxygen atoms in total. The maximum atomic E-state index is 12.9. The molecule has 0 fully saturated rings. The van der Waals surface area contributed by atoms with Crippen LogP contribution in [0, 0.1) is 11.3 Å². The lowest BCUT2D eigenvalue weighted by Crippen LogP contribution is -2.53. The summed E-state index contributed by atoms with van der Waals surface area (Å²) in [7, 11) is 0. The van der Waals surface area contributed by atoms with Crippen molar-refractivity contribution in [1.29, 1.82) is 5.26 Å². The quantitative estimate of drug-likeness (QED) is 0.870. The number of rotatable bonds is 1. The van der Waals surface area contributed by atoms with Gasteiger partial charge in [0, 0.05) is 17.7 Å². The minimum Gasteiger partial charge on any atom is -0.485 e. The highest BCUT2D eigenvalue weighted by atomic mass is 16.5. The van der Waals surface area contributed by atoms with E-state index in [1.54, 1.807) is 43.0 Å². The van der Waals surface area contributed by atoms with Crippen molar-refractivity contribution in [2.24, 2.45) is 0 Å². The number of amides is 1. The molecule has 2 heterocycles.